The lowest BCUT2D eigenvalue weighted by molar-refractivity contribution is -0.121. The minimum atomic E-state index is -3.51. The highest BCUT2D eigenvalue weighted by atomic mass is 32.2. The van der Waals surface area contributed by atoms with Gasteiger partial charge in [-0.2, -0.15) is 0 Å². The first-order valence-corrected chi connectivity index (χ1v) is 8.57. The van der Waals surface area contributed by atoms with E-state index < -0.39 is 21.3 Å². The Kier molecular flexibility index (Phi) is 3.45. The summed E-state index contributed by atoms with van der Waals surface area (Å²) >= 11 is 0. The first-order chi connectivity index (χ1) is 9.05. The smallest absolute Gasteiger partial charge is 0.244 e. The number of hydrogen-bond donors (Lipinski definition) is 1. The number of carbonyl (C=O) groups excluding carboxylic acids is 1. The van der Waals surface area contributed by atoms with Crippen molar-refractivity contribution in [3.63, 3.8) is 0 Å². The van der Waals surface area contributed by atoms with Gasteiger partial charge in [0.25, 0.3) is 0 Å². The van der Waals surface area contributed by atoms with E-state index >= 15 is 0 Å². The number of hydrogen-bond acceptors (Lipinski definition) is 3. The van der Waals surface area contributed by atoms with Crippen LogP contribution in [-0.4, -0.2) is 20.6 Å². The van der Waals surface area contributed by atoms with Crippen molar-refractivity contribution in [3.8, 4) is 0 Å². The Morgan fingerprint density at radius 2 is 1.65 bits per heavy atom. The molecule has 0 saturated heterocycles. The molecule has 1 aliphatic rings. The zero-order valence-corrected chi connectivity index (χ0v) is 13.2. The summed E-state index contributed by atoms with van der Waals surface area (Å²) in [6, 6.07) is 7.91. The van der Waals surface area contributed by atoms with E-state index in [-0.39, 0.29) is 5.41 Å². The molecule has 1 N–H and O–H groups in total. The highest BCUT2D eigenvalue weighted by molar-refractivity contribution is 7.89. The van der Waals surface area contributed by atoms with Crippen LogP contribution in [0.2, 0.25) is 0 Å². The van der Waals surface area contributed by atoms with Gasteiger partial charge in [0, 0.05) is 0 Å². The maximum atomic E-state index is 12.1. The van der Waals surface area contributed by atoms with Gasteiger partial charge in [-0.25, -0.2) is 8.42 Å². The van der Waals surface area contributed by atoms with Gasteiger partial charge in [-0.05, 0) is 29.4 Å². The molecular formula is C15H21NO3S. The van der Waals surface area contributed by atoms with Crippen molar-refractivity contribution in [1.82, 2.24) is 4.72 Å². The number of benzene rings is 1. The molecule has 0 bridgehead atoms. The lowest BCUT2D eigenvalue weighted by Gasteiger charge is -2.21. The molecule has 0 spiro atoms. The van der Waals surface area contributed by atoms with Crippen molar-refractivity contribution in [2.24, 2.45) is 0 Å². The summed E-state index contributed by atoms with van der Waals surface area (Å²) in [6.07, 6.45) is 2.40. The minimum absolute atomic E-state index is 0.0598. The minimum Gasteiger partial charge on any atom is -0.273 e. The molecule has 1 aromatic carbocycles. The summed E-state index contributed by atoms with van der Waals surface area (Å²) in [5.74, 6) is -0.413. The number of rotatable bonds is 3. The topological polar surface area (TPSA) is 63.2 Å². The molecule has 1 saturated carbocycles. The molecule has 2 rings (SSSR count). The average molecular weight is 295 g/mol. The molecule has 0 aromatic heterocycles. The van der Waals surface area contributed by atoms with Crippen LogP contribution in [-0.2, 0) is 25.6 Å². The maximum Gasteiger partial charge on any atom is 0.244 e. The van der Waals surface area contributed by atoms with Crippen molar-refractivity contribution >= 4 is 15.9 Å². The van der Waals surface area contributed by atoms with Gasteiger partial charge in [0.15, 0.2) is 0 Å². The second-order valence-electron chi connectivity index (χ2n) is 6.61. The number of carbonyl (C=O) groups is 1. The Balaban J connectivity index is 2.25. The lowest BCUT2D eigenvalue weighted by atomic mass is 9.85. The lowest BCUT2D eigenvalue weighted by Crippen LogP contribution is -2.38. The summed E-state index contributed by atoms with van der Waals surface area (Å²) in [4.78, 5) is 12.1. The largest absolute Gasteiger partial charge is 0.273 e. The van der Waals surface area contributed by atoms with E-state index in [1.807, 2.05) is 24.3 Å². The van der Waals surface area contributed by atoms with Gasteiger partial charge in [-0.3, -0.25) is 9.52 Å². The number of amides is 1. The molecule has 0 radical (unpaired) electrons. The van der Waals surface area contributed by atoms with Crippen LogP contribution in [0.4, 0.5) is 0 Å². The maximum absolute atomic E-state index is 12.1. The molecule has 5 heteroatoms. The van der Waals surface area contributed by atoms with E-state index in [1.165, 1.54) is 5.56 Å². The van der Waals surface area contributed by atoms with E-state index in [2.05, 4.69) is 25.5 Å². The summed E-state index contributed by atoms with van der Waals surface area (Å²) in [7, 11) is -3.51. The third-order valence-electron chi connectivity index (χ3n) is 3.77. The van der Waals surface area contributed by atoms with E-state index in [1.54, 1.807) is 0 Å². The van der Waals surface area contributed by atoms with Crippen LogP contribution in [0.25, 0.3) is 0 Å². The monoisotopic (exact) mass is 295 g/mol. The molecule has 1 aliphatic carbocycles. The Morgan fingerprint density at radius 1 is 1.15 bits per heavy atom. The quantitative estimate of drug-likeness (QED) is 0.928. The Hall–Kier alpha value is -1.36. The average Bonchev–Trinajstić information content (AvgIpc) is 3.07. The fourth-order valence-corrected chi connectivity index (χ4v) is 2.86. The number of nitrogens with one attached hydrogen (secondary N) is 1. The molecule has 0 aliphatic heterocycles. The summed E-state index contributed by atoms with van der Waals surface area (Å²) in [5, 5.41) is 0. The second-order valence-corrected chi connectivity index (χ2v) is 8.36. The highest BCUT2D eigenvalue weighted by Crippen LogP contribution is 2.48. The van der Waals surface area contributed by atoms with Crippen molar-refractivity contribution < 1.29 is 13.2 Å². The Morgan fingerprint density at radius 3 is 2.00 bits per heavy atom. The summed E-state index contributed by atoms with van der Waals surface area (Å²) in [5.41, 5.74) is 1.50. The van der Waals surface area contributed by atoms with Crippen molar-refractivity contribution in [1.29, 1.82) is 0 Å². The van der Waals surface area contributed by atoms with Gasteiger partial charge in [-0.1, -0.05) is 45.0 Å². The van der Waals surface area contributed by atoms with Gasteiger partial charge in [0.2, 0.25) is 15.9 Å². The molecule has 1 aromatic rings. The first kappa shape index (κ1) is 15.0. The van der Waals surface area contributed by atoms with Gasteiger partial charge in [0.05, 0.1) is 11.7 Å². The van der Waals surface area contributed by atoms with Crippen LogP contribution < -0.4 is 4.72 Å². The predicted molar refractivity (Wildman–Crippen MR) is 79.0 cm³/mol. The fourth-order valence-electron chi connectivity index (χ4n) is 2.33. The molecule has 20 heavy (non-hydrogen) atoms. The zero-order valence-electron chi connectivity index (χ0n) is 12.4. The molecule has 110 valence electrons. The van der Waals surface area contributed by atoms with Gasteiger partial charge in [0.1, 0.15) is 0 Å². The molecule has 4 nitrogen and oxygen atoms in total. The normalized spacial score (nSPS) is 17.6. The third kappa shape index (κ3) is 3.03. The first-order valence-electron chi connectivity index (χ1n) is 6.68. The predicted octanol–water partition coefficient (Wildman–Crippen LogP) is 2.09. The van der Waals surface area contributed by atoms with Crippen LogP contribution >= 0.6 is 0 Å². The van der Waals surface area contributed by atoms with Crippen molar-refractivity contribution in [2.45, 2.75) is 44.4 Å². The van der Waals surface area contributed by atoms with Crippen LogP contribution in [0.3, 0.4) is 0 Å². The zero-order chi connectivity index (χ0) is 15.2. The van der Waals surface area contributed by atoms with Crippen molar-refractivity contribution in [2.75, 3.05) is 6.26 Å². The highest BCUT2D eigenvalue weighted by Gasteiger charge is 2.52. The second kappa shape index (κ2) is 4.58. The molecular weight excluding hydrogens is 274 g/mol. The SMILES string of the molecule is CC(C)(C)c1ccc(C2(C(=O)NS(C)(=O)=O)CC2)cc1. The molecule has 1 amide bonds. The van der Waals surface area contributed by atoms with Gasteiger partial charge in [-0.15, -0.1) is 0 Å². The number of sulfonamides is 1. The van der Waals surface area contributed by atoms with Crippen LogP contribution in [0, 0.1) is 0 Å². The van der Waals surface area contributed by atoms with E-state index in [4.69, 9.17) is 0 Å². The van der Waals surface area contributed by atoms with Crippen molar-refractivity contribution in [3.05, 3.63) is 35.4 Å². The molecule has 0 atom stereocenters. The summed E-state index contributed by atoms with van der Waals surface area (Å²) < 4.78 is 24.5. The van der Waals surface area contributed by atoms with Crippen LogP contribution in [0.1, 0.15) is 44.7 Å². The molecule has 1 fully saturated rings. The van der Waals surface area contributed by atoms with E-state index in [0.717, 1.165) is 11.8 Å². The fraction of sp³-hybridized carbons (Fsp3) is 0.533. The third-order valence-corrected chi connectivity index (χ3v) is 4.32. The van der Waals surface area contributed by atoms with Gasteiger partial charge < -0.3 is 0 Å². The molecule has 0 heterocycles. The van der Waals surface area contributed by atoms with E-state index in [0.29, 0.717) is 12.8 Å². The van der Waals surface area contributed by atoms with Crippen LogP contribution in [0.5, 0.6) is 0 Å². The Bertz CT molecular complexity index is 620. The standard InChI is InChI=1S/C15H21NO3S/c1-14(2,3)11-5-7-12(8-6-11)15(9-10-15)13(17)16-20(4,18)19/h5-8H,9-10H2,1-4H3,(H,16,17). The van der Waals surface area contributed by atoms with Crippen LogP contribution in [0.15, 0.2) is 24.3 Å². The molecule has 0 unspecified atom stereocenters. The summed E-state index contributed by atoms with van der Waals surface area (Å²) in [6.45, 7) is 6.39. The van der Waals surface area contributed by atoms with Gasteiger partial charge >= 0.3 is 0 Å². The Labute approximate surface area is 120 Å². The van der Waals surface area contributed by atoms with E-state index in [9.17, 15) is 13.2 Å².